The summed E-state index contributed by atoms with van der Waals surface area (Å²) in [5, 5.41) is 13.2. The molecule has 2 N–H and O–H groups in total. The van der Waals surface area contributed by atoms with Gasteiger partial charge in [-0.05, 0) is 54.2 Å². The Kier molecular flexibility index (Phi) is 4.07. The number of carbonyl (C=O) groups is 1. The summed E-state index contributed by atoms with van der Waals surface area (Å²) in [4.78, 5) is 15.0. The van der Waals surface area contributed by atoms with Crippen molar-refractivity contribution in [2.75, 3.05) is 19.5 Å². The van der Waals surface area contributed by atoms with Crippen molar-refractivity contribution in [3.63, 3.8) is 0 Å². The number of amides is 1. The van der Waals surface area contributed by atoms with Gasteiger partial charge in [-0.1, -0.05) is 18.2 Å². The summed E-state index contributed by atoms with van der Waals surface area (Å²) in [6.45, 7) is 0. The number of hydrogen-bond donors (Lipinski definition) is 2. The van der Waals surface area contributed by atoms with Gasteiger partial charge in [-0.15, -0.1) is 0 Å². The topological polar surface area (TPSA) is 61.8 Å². The number of ether oxygens (including phenoxy) is 1. The first-order valence-corrected chi connectivity index (χ1v) is 8.80. The van der Waals surface area contributed by atoms with Crippen molar-refractivity contribution in [2.24, 2.45) is 5.92 Å². The van der Waals surface area contributed by atoms with Crippen molar-refractivity contribution in [1.29, 1.82) is 0 Å². The molecule has 0 aromatic heterocycles. The fraction of sp³-hybridized carbons (Fsp3) is 0.286. The van der Waals surface area contributed by atoms with Crippen LogP contribution in [0.25, 0.3) is 5.57 Å². The van der Waals surface area contributed by atoms with E-state index >= 15 is 0 Å². The maximum absolute atomic E-state index is 12.9. The van der Waals surface area contributed by atoms with Crippen LogP contribution in [-0.4, -0.2) is 30.1 Å². The summed E-state index contributed by atoms with van der Waals surface area (Å²) < 4.78 is 5.30. The highest BCUT2D eigenvalue weighted by Gasteiger charge is 2.39. The SMILES string of the molecule is COc1cc2c(cc1O)C(C(=O)Nc1ccccc1)=CN(C)C2C1CC1. The van der Waals surface area contributed by atoms with Crippen LogP contribution >= 0.6 is 0 Å². The molecule has 5 nitrogen and oxygen atoms in total. The Morgan fingerprint density at radius 1 is 1.23 bits per heavy atom. The highest BCUT2D eigenvalue weighted by Crippen LogP contribution is 2.50. The molecule has 134 valence electrons. The van der Waals surface area contributed by atoms with Gasteiger partial charge in [-0.25, -0.2) is 0 Å². The summed E-state index contributed by atoms with van der Waals surface area (Å²) in [5.41, 5.74) is 3.09. The Balaban J connectivity index is 1.75. The van der Waals surface area contributed by atoms with E-state index in [0.29, 0.717) is 17.2 Å². The van der Waals surface area contributed by atoms with Gasteiger partial charge < -0.3 is 20.1 Å². The Bertz CT molecular complexity index is 872. The summed E-state index contributed by atoms with van der Waals surface area (Å²) in [7, 11) is 3.54. The molecule has 0 bridgehead atoms. The van der Waals surface area contributed by atoms with Crippen molar-refractivity contribution in [1.82, 2.24) is 4.90 Å². The van der Waals surface area contributed by atoms with Gasteiger partial charge in [-0.3, -0.25) is 4.79 Å². The molecule has 26 heavy (non-hydrogen) atoms. The molecule has 1 fully saturated rings. The number of para-hydroxylation sites is 1. The lowest BCUT2D eigenvalue weighted by molar-refractivity contribution is -0.111. The van der Waals surface area contributed by atoms with E-state index in [1.54, 1.807) is 13.2 Å². The van der Waals surface area contributed by atoms with Crippen molar-refractivity contribution < 1.29 is 14.6 Å². The molecule has 0 radical (unpaired) electrons. The molecule has 5 heteroatoms. The van der Waals surface area contributed by atoms with Gasteiger partial charge in [0.25, 0.3) is 5.91 Å². The molecule has 2 aromatic carbocycles. The van der Waals surface area contributed by atoms with Gasteiger partial charge in [0, 0.05) is 18.9 Å². The fourth-order valence-electron chi connectivity index (χ4n) is 3.70. The summed E-state index contributed by atoms with van der Waals surface area (Å²) >= 11 is 0. The third-order valence-corrected chi connectivity index (χ3v) is 5.08. The van der Waals surface area contributed by atoms with Gasteiger partial charge in [0.05, 0.1) is 18.7 Å². The number of phenols is 1. The molecule has 1 atom stereocenters. The first-order chi connectivity index (χ1) is 12.6. The van der Waals surface area contributed by atoms with Crippen LogP contribution in [0.3, 0.4) is 0 Å². The van der Waals surface area contributed by atoms with Crippen LogP contribution in [0.5, 0.6) is 11.5 Å². The standard InChI is InChI=1S/C21H22N2O3/c1-23-12-17(21(25)22-14-6-4-3-5-7-14)15-10-18(24)19(26-2)11-16(15)20(23)13-8-9-13/h3-7,10-13,20,24H,8-9H2,1-2H3,(H,22,25). The number of rotatable bonds is 4. The molecule has 0 spiro atoms. The van der Waals surface area contributed by atoms with Crippen LogP contribution in [0.1, 0.15) is 30.0 Å². The number of fused-ring (bicyclic) bond motifs is 1. The van der Waals surface area contributed by atoms with Gasteiger partial charge in [0.1, 0.15) is 0 Å². The van der Waals surface area contributed by atoms with Crippen molar-refractivity contribution >= 4 is 17.2 Å². The van der Waals surface area contributed by atoms with Crippen molar-refractivity contribution in [2.45, 2.75) is 18.9 Å². The second-order valence-electron chi connectivity index (χ2n) is 6.92. The first kappa shape index (κ1) is 16.5. The monoisotopic (exact) mass is 350 g/mol. The van der Waals surface area contributed by atoms with E-state index in [4.69, 9.17) is 4.74 Å². The second kappa shape index (κ2) is 6.41. The Morgan fingerprint density at radius 3 is 2.62 bits per heavy atom. The number of carbonyl (C=O) groups excluding carboxylic acids is 1. The van der Waals surface area contributed by atoms with Crippen molar-refractivity contribution in [3.05, 3.63) is 59.8 Å². The third-order valence-electron chi connectivity index (χ3n) is 5.08. The maximum Gasteiger partial charge on any atom is 0.257 e. The minimum Gasteiger partial charge on any atom is -0.504 e. The Labute approximate surface area is 152 Å². The quantitative estimate of drug-likeness (QED) is 0.881. The van der Waals surface area contributed by atoms with E-state index in [1.165, 1.54) is 12.8 Å². The highest BCUT2D eigenvalue weighted by atomic mass is 16.5. The van der Waals surface area contributed by atoms with Gasteiger partial charge in [0.2, 0.25) is 0 Å². The number of benzene rings is 2. The molecule has 2 aliphatic rings. The highest BCUT2D eigenvalue weighted by molar-refractivity contribution is 6.25. The van der Waals surface area contributed by atoms with Gasteiger partial charge >= 0.3 is 0 Å². The average molecular weight is 350 g/mol. The van der Waals surface area contributed by atoms with Crippen LogP contribution in [-0.2, 0) is 4.79 Å². The van der Waals surface area contributed by atoms with Crippen LogP contribution < -0.4 is 10.1 Å². The molecular weight excluding hydrogens is 328 g/mol. The molecule has 1 amide bonds. The van der Waals surface area contributed by atoms with Crippen LogP contribution in [0.2, 0.25) is 0 Å². The fourth-order valence-corrected chi connectivity index (χ4v) is 3.70. The van der Waals surface area contributed by atoms with Crippen LogP contribution in [0, 0.1) is 5.92 Å². The Morgan fingerprint density at radius 2 is 1.96 bits per heavy atom. The smallest absolute Gasteiger partial charge is 0.257 e. The molecule has 1 heterocycles. The van der Waals surface area contributed by atoms with E-state index in [-0.39, 0.29) is 17.7 Å². The number of phenolic OH excluding ortho intramolecular Hbond substituents is 1. The van der Waals surface area contributed by atoms with E-state index in [2.05, 4.69) is 10.2 Å². The number of methoxy groups -OCH3 is 1. The first-order valence-electron chi connectivity index (χ1n) is 8.80. The van der Waals surface area contributed by atoms with Crippen LogP contribution in [0.15, 0.2) is 48.7 Å². The zero-order valence-corrected chi connectivity index (χ0v) is 14.9. The number of nitrogens with one attached hydrogen (secondary N) is 1. The Hall–Kier alpha value is -2.95. The number of aromatic hydroxyl groups is 1. The minimum absolute atomic E-state index is 0.0451. The van der Waals surface area contributed by atoms with Crippen molar-refractivity contribution in [3.8, 4) is 11.5 Å². The summed E-state index contributed by atoms with van der Waals surface area (Å²) in [5.74, 6) is 0.863. The lowest BCUT2D eigenvalue weighted by Crippen LogP contribution is -2.29. The van der Waals surface area contributed by atoms with Crippen LogP contribution in [0.4, 0.5) is 5.69 Å². The number of anilines is 1. The van der Waals surface area contributed by atoms with Gasteiger partial charge in [-0.2, -0.15) is 0 Å². The molecule has 1 unspecified atom stereocenters. The second-order valence-corrected chi connectivity index (χ2v) is 6.92. The molecule has 1 aliphatic carbocycles. The lowest BCUT2D eigenvalue weighted by Gasteiger charge is -2.34. The average Bonchev–Trinajstić information content (AvgIpc) is 3.46. The molecule has 2 aromatic rings. The number of hydrogen-bond acceptors (Lipinski definition) is 4. The molecular formula is C21H22N2O3. The summed E-state index contributed by atoms with van der Waals surface area (Å²) in [6, 6.07) is 13.1. The van der Waals surface area contributed by atoms with E-state index in [1.807, 2.05) is 49.6 Å². The normalized spacial score (nSPS) is 18.8. The maximum atomic E-state index is 12.9. The largest absolute Gasteiger partial charge is 0.504 e. The van der Waals surface area contributed by atoms with Gasteiger partial charge in [0.15, 0.2) is 11.5 Å². The lowest BCUT2D eigenvalue weighted by atomic mass is 9.88. The number of nitrogens with zero attached hydrogens (tertiary/aromatic N) is 1. The zero-order valence-electron chi connectivity index (χ0n) is 14.9. The molecule has 1 aliphatic heterocycles. The van der Waals surface area contributed by atoms with E-state index < -0.39 is 0 Å². The summed E-state index contributed by atoms with van der Waals surface area (Å²) in [6.07, 6.45) is 4.24. The van der Waals surface area contributed by atoms with E-state index in [9.17, 15) is 9.90 Å². The minimum atomic E-state index is -0.192. The van der Waals surface area contributed by atoms with E-state index in [0.717, 1.165) is 16.8 Å². The molecule has 1 saturated carbocycles. The predicted octanol–water partition coefficient (Wildman–Crippen LogP) is 3.78. The molecule has 0 saturated heterocycles. The zero-order chi connectivity index (χ0) is 18.3. The molecule has 4 rings (SSSR count). The predicted molar refractivity (Wildman–Crippen MR) is 101 cm³/mol. The third kappa shape index (κ3) is 2.90.